The summed E-state index contributed by atoms with van der Waals surface area (Å²) in [4.78, 5) is 6.79. The fourth-order valence-corrected chi connectivity index (χ4v) is 5.70. The fourth-order valence-electron chi connectivity index (χ4n) is 5.40. The van der Waals surface area contributed by atoms with Crippen LogP contribution in [-0.2, 0) is 0 Å². The van der Waals surface area contributed by atoms with Crippen molar-refractivity contribution in [2.24, 2.45) is 0 Å². The van der Waals surface area contributed by atoms with Crippen molar-refractivity contribution >= 4 is 23.1 Å². The Balaban J connectivity index is 1.53. The van der Waals surface area contributed by atoms with Crippen molar-refractivity contribution in [2.75, 3.05) is 64.8 Å². The fraction of sp³-hybridized carbons (Fsp3) is 0.519. The highest BCUT2D eigenvalue weighted by Gasteiger charge is 2.33. The second-order valence-electron chi connectivity index (χ2n) is 10.5. The third-order valence-electron chi connectivity index (χ3n) is 7.59. The van der Waals surface area contributed by atoms with Gasteiger partial charge in [0.15, 0.2) is 5.75 Å². The van der Waals surface area contributed by atoms with Gasteiger partial charge in [-0.1, -0.05) is 11.6 Å². The largest absolute Gasteiger partial charge is 0.488 e. The quantitative estimate of drug-likeness (QED) is 0.412. The second kappa shape index (κ2) is 10.7. The molecule has 3 N–H and O–H groups in total. The molecule has 0 amide bonds. The van der Waals surface area contributed by atoms with Gasteiger partial charge in [0.25, 0.3) is 0 Å². The first kappa shape index (κ1) is 26.2. The maximum Gasteiger partial charge on any atom is 0.152 e. The lowest BCUT2D eigenvalue weighted by atomic mass is 9.96. The summed E-state index contributed by atoms with van der Waals surface area (Å²) in [6, 6.07) is 5.53. The Morgan fingerprint density at radius 2 is 1.92 bits per heavy atom. The number of fused-ring (bicyclic) bond motifs is 1. The van der Waals surface area contributed by atoms with Gasteiger partial charge < -0.3 is 25.2 Å². The van der Waals surface area contributed by atoms with E-state index in [4.69, 9.17) is 16.3 Å². The summed E-state index contributed by atoms with van der Waals surface area (Å²) < 4.78 is 34.9. The Labute approximate surface area is 222 Å². The number of rotatable bonds is 4. The third-order valence-corrected chi connectivity index (χ3v) is 7.89. The molecule has 0 saturated carbocycles. The van der Waals surface area contributed by atoms with Crippen LogP contribution in [0.4, 0.5) is 14.5 Å². The number of amidine groups is 1. The highest BCUT2D eigenvalue weighted by Crippen LogP contribution is 2.47. The van der Waals surface area contributed by atoms with Crippen LogP contribution < -0.4 is 15.4 Å². The van der Waals surface area contributed by atoms with Gasteiger partial charge in [-0.05, 0) is 39.1 Å². The van der Waals surface area contributed by atoms with Gasteiger partial charge in [0, 0.05) is 80.7 Å². The maximum atomic E-state index is 14.9. The standard InChI is InChI=1S/C27H35ClF2N6O/c1-16-13-36(17(2)12-32-16)27(31)21-11-22(28)24(20-5-4-18(29)10-23(20)30)26-25(21)33-19(15-37-26)14-35-8-6-34(3)7-9-35/h4-5,10-11,16-17,19,31-33H,6-9,12-15H2,1-3H3/t16-,17+,19-/m1/s1. The van der Waals surface area contributed by atoms with Crippen molar-refractivity contribution in [3.05, 3.63) is 46.5 Å². The van der Waals surface area contributed by atoms with Crippen LogP contribution in [0.15, 0.2) is 24.3 Å². The smallest absolute Gasteiger partial charge is 0.152 e. The second-order valence-corrected chi connectivity index (χ2v) is 10.9. The molecule has 3 atom stereocenters. The molecule has 7 nitrogen and oxygen atoms in total. The Hall–Kier alpha value is -2.46. The molecule has 2 saturated heterocycles. The number of likely N-dealkylation sites (N-methyl/N-ethyl adjacent to an activating group) is 1. The van der Waals surface area contributed by atoms with Gasteiger partial charge in [-0.15, -0.1) is 0 Å². The Bertz CT molecular complexity index is 1170. The van der Waals surface area contributed by atoms with Crippen molar-refractivity contribution in [1.82, 2.24) is 20.0 Å². The van der Waals surface area contributed by atoms with Crippen molar-refractivity contribution in [3.8, 4) is 16.9 Å². The van der Waals surface area contributed by atoms with Crippen molar-refractivity contribution in [1.29, 1.82) is 5.41 Å². The highest BCUT2D eigenvalue weighted by atomic mass is 35.5. The van der Waals surface area contributed by atoms with E-state index >= 15 is 0 Å². The van der Waals surface area contributed by atoms with Gasteiger partial charge in [-0.25, -0.2) is 8.78 Å². The number of piperazine rings is 2. The molecule has 200 valence electrons. The summed E-state index contributed by atoms with van der Waals surface area (Å²) in [5.41, 5.74) is 1.80. The van der Waals surface area contributed by atoms with Crippen LogP contribution >= 0.6 is 11.6 Å². The number of nitrogens with one attached hydrogen (secondary N) is 3. The number of benzene rings is 2. The molecule has 3 aliphatic rings. The summed E-state index contributed by atoms with van der Waals surface area (Å²) in [6.07, 6.45) is 0. The predicted octanol–water partition coefficient (Wildman–Crippen LogP) is 3.71. The van der Waals surface area contributed by atoms with E-state index in [0.717, 1.165) is 45.3 Å². The lowest BCUT2D eigenvalue weighted by Crippen LogP contribution is -2.56. The summed E-state index contributed by atoms with van der Waals surface area (Å²) >= 11 is 6.76. The minimum absolute atomic E-state index is 0.00563. The van der Waals surface area contributed by atoms with E-state index in [9.17, 15) is 14.2 Å². The molecule has 0 aliphatic carbocycles. The molecular weight excluding hydrogens is 498 g/mol. The molecule has 5 rings (SSSR count). The van der Waals surface area contributed by atoms with Crippen LogP contribution in [0.3, 0.4) is 0 Å². The number of hydrogen-bond donors (Lipinski definition) is 3. The molecule has 2 fully saturated rings. The highest BCUT2D eigenvalue weighted by molar-refractivity contribution is 6.34. The number of ether oxygens (including phenoxy) is 1. The Kier molecular flexibility index (Phi) is 7.58. The van der Waals surface area contributed by atoms with Gasteiger partial charge in [0.2, 0.25) is 0 Å². The van der Waals surface area contributed by atoms with E-state index in [0.29, 0.717) is 41.6 Å². The zero-order valence-electron chi connectivity index (χ0n) is 21.6. The molecule has 2 aromatic rings. The lowest BCUT2D eigenvalue weighted by molar-refractivity contribution is 0.138. The topological polar surface area (TPSA) is 66.9 Å². The van der Waals surface area contributed by atoms with Crippen LogP contribution in [0.5, 0.6) is 5.75 Å². The van der Waals surface area contributed by atoms with Crippen molar-refractivity contribution in [3.63, 3.8) is 0 Å². The van der Waals surface area contributed by atoms with E-state index in [1.165, 1.54) is 12.1 Å². The zero-order chi connectivity index (χ0) is 26.3. The molecule has 0 aromatic heterocycles. The molecule has 0 radical (unpaired) electrons. The molecule has 37 heavy (non-hydrogen) atoms. The molecule has 0 spiro atoms. The summed E-state index contributed by atoms with van der Waals surface area (Å²) in [5, 5.41) is 16.5. The van der Waals surface area contributed by atoms with Gasteiger partial charge in [-0.3, -0.25) is 10.3 Å². The van der Waals surface area contributed by atoms with E-state index in [-0.39, 0.29) is 28.7 Å². The van der Waals surface area contributed by atoms with E-state index in [2.05, 4.69) is 46.2 Å². The van der Waals surface area contributed by atoms with Gasteiger partial charge >= 0.3 is 0 Å². The number of hydrogen-bond acceptors (Lipinski definition) is 6. The first-order valence-electron chi connectivity index (χ1n) is 12.9. The number of halogens is 3. The van der Waals surface area contributed by atoms with Crippen LogP contribution in [-0.4, -0.2) is 98.1 Å². The van der Waals surface area contributed by atoms with Crippen LogP contribution in [0.25, 0.3) is 11.1 Å². The molecule has 3 heterocycles. The molecule has 10 heteroatoms. The summed E-state index contributed by atoms with van der Waals surface area (Å²) in [7, 11) is 2.13. The maximum absolute atomic E-state index is 14.9. The number of anilines is 1. The molecular formula is C27H35ClF2N6O. The molecule has 3 aliphatic heterocycles. The lowest BCUT2D eigenvalue weighted by Gasteiger charge is -2.41. The molecule has 0 unspecified atom stereocenters. The first-order chi connectivity index (χ1) is 17.7. The Morgan fingerprint density at radius 3 is 2.65 bits per heavy atom. The third kappa shape index (κ3) is 5.41. The first-order valence-corrected chi connectivity index (χ1v) is 13.3. The minimum Gasteiger partial charge on any atom is -0.488 e. The summed E-state index contributed by atoms with van der Waals surface area (Å²) in [5.74, 6) is -0.609. The Morgan fingerprint density at radius 1 is 1.16 bits per heavy atom. The van der Waals surface area contributed by atoms with E-state index in [1.54, 1.807) is 6.07 Å². The average Bonchev–Trinajstić information content (AvgIpc) is 2.87. The molecule has 0 bridgehead atoms. The average molecular weight is 533 g/mol. The predicted molar refractivity (Wildman–Crippen MR) is 144 cm³/mol. The van der Waals surface area contributed by atoms with Crippen LogP contribution in [0.1, 0.15) is 19.4 Å². The SMILES string of the molecule is C[C@@H]1CN(C(=N)c2cc(Cl)c(-c3ccc(F)cc3F)c3c2N[C@H](CN2CCN(C)CC2)CO3)[C@@H](C)CN1. The normalized spacial score (nSPS) is 24.8. The van der Waals surface area contributed by atoms with Crippen molar-refractivity contribution < 1.29 is 13.5 Å². The molecule has 2 aromatic carbocycles. The van der Waals surface area contributed by atoms with Gasteiger partial charge in [0.1, 0.15) is 24.1 Å². The monoisotopic (exact) mass is 532 g/mol. The van der Waals surface area contributed by atoms with E-state index < -0.39 is 11.6 Å². The van der Waals surface area contributed by atoms with Crippen LogP contribution in [0.2, 0.25) is 5.02 Å². The zero-order valence-corrected chi connectivity index (χ0v) is 22.3. The number of nitrogens with zero attached hydrogens (tertiary/aromatic N) is 3. The van der Waals surface area contributed by atoms with E-state index in [1.807, 2.05) is 0 Å². The van der Waals surface area contributed by atoms with Gasteiger partial charge in [0.05, 0.1) is 16.8 Å². The summed E-state index contributed by atoms with van der Waals surface area (Å²) in [6.45, 7) is 10.8. The minimum atomic E-state index is -0.709. The van der Waals surface area contributed by atoms with Crippen molar-refractivity contribution in [2.45, 2.75) is 32.0 Å². The van der Waals surface area contributed by atoms with Gasteiger partial charge in [-0.2, -0.15) is 0 Å². The van der Waals surface area contributed by atoms with Crippen LogP contribution in [0, 0.1) is 17.0 Å².